The van der Waals surface area contributed by atoms with Gasteiger partial charge in [-0.1, -0.05) is 78.9 Å². The van der Waals surface area contributed by atoms with Crippen molar-refractivity contribution in [1.29, 1.82) is 0 Å². The number of fused-ring (bicyclic) bond motifs is 4. The number of hydrogen-bond donors (Lipinski definition) is 1. The Morgan fingerprint density at radius 2 is 1.59 bits per heavy atom. The van der Waals surface area contributed by atoms with E-state index >= 15 is 0 Å². The van der Waals surface area contributed by atoms with E-state index in [-0.39, 0.29) is 23.1 Å². The van der Waals surface area contributed by atoms with Gasteiger partial charge in [0.05, 0.1) is 5.92 Å². The van der Waals surface area contributed by atoms with Crippen LogP contribution in [0.1, 0.15) is 47.2 Å². The van der Waals surface area contributed by atoms with E-state index < -0.39 is 11.5 Å². The molecule has 3 aliphatic heterocycles. The molecule has 2 fully saturated rings. The molecule has 3 heterocycles. The number of amides is 1. The molecule has 3 aromatic carbocycles. The fourth-order valence-corrected chi connectivity index (χ4v) is 6.83. The predicted octanol–water partition coefficient (Wildman–Crippen LogP) is 4.99. The number of nitrogens with zero attached hydrogens (tertiary/aromatic N) is 1. The van der Waals surface area contributed by atoms with Crippen LogP contribution in [-0.2, 0) is 10.3 Å². The lowest BCUT2D eigenvalue weighted by Crippen LogP contribution is -2.54. The summed E-state index contributed by atoms with van der Waals surface area (Å²) in [4.78, 5) is 30.6. The van der Waals surface area contributed by atoms with Gasteiger partial charge in [0.15, 0.2) is 5.78 Å². The molecule has 0 aromatic heterocycles. The summed E-state index contributed by atoms with van der Waals surface area (Å²) in [5.74, 6) is -0.626. The number of anilines is 1. The van der Waals surface area contributed by atoms with Crippen LogP contribution in [0.2, 0.25) is 0 Å². The zero-order chi connectivity index (χ0) is 21.9. The van der Waals surface area contributed by atoms with Crippen molar-refractivity contribution in [2.45, 2.75) is 36.8 Å². The largest absolute Gasteiger partial charge is 0.324 e. The Hall–Kier alpha value is -3.24. The van der Waals surface area contributed by atoms with Gasteiger partial charge in [-0.15, -0.1) is 0 Å². The van der Waals surface area contributed by atoms with Gasteiger partial charge in [-0.25, -0.2) is 0 Å². The van der Waals surface area contributed by atoms with Crippen molar-refractivity contribution in [3.63, 3.8) is 0 Å². The fraction of sp³-hybridized carbons (Fsp3) is 0.286. The highest BCUT2D eigenvalue weighted by Gasteiger charge is 2.73. The van der Waals surface area contributed by atoms with Crippen molar-refractivity contribution in [3.05, 3.63) is 102 Å². The van der Waals surface area contributed by atoms with Crippen LogP contribution < -0.4 is 5.32 Å². The molecule has 6 rings (SSSR count). The lowest BCUT2D eigenvalue weighted by Gasteiger charge is -2.39. The zero-order valence-electron chi connectivity index (χ0n) is 18.1. The highest BCUT2D eigenvalue weighted by Crippen LogP contribution is 2.65. The highest BCUT2D eigenvalue weighted by atomic mass is 16.2. The van der Waals surface area contributed by atoms with E-state index in [1.54, 1.807) is 0 Å². The third kappa shape index (κ3) is 2.36. The summed E-state index contributed by atoms with van der Waals surface area (Å²) < 4.78 is 0. The van der Waals surface area contributed by atoms with E-state index in [4.69, 9.17) is 0 Å². The summed E-state index contributed by atoms with van der Waals surface area (Å²) in [5.41, 5.74) is 2.27. The van der Waals surface area contributed by atoms with E-state index in [0.29, 0.717) is 5.56 Å². The molecule has 4 nitrogen and oxygen atoms in total. The standard InChI is InChI=1S/C28H26N2O2/c1-27-17-10-18-30(27)28(21-15-8-9-16-22(21)29-26(28)32)24(23(27)19-11-4-2-5-12-19)25(31)20-13-6-3-7-14-20/h2-9,11-16,23-24H,10,17-18H2,1H3,(H,29,32)/t23-,24-,27?,28-/m0/s1. The van der Waals surface area contributed by atoms with E-state index in [9.17, 15) is 9.59 Å². The minimum atomic E-state index is -1.00. The molecule has 4 atom stereocenters. The molecular formula is C28H26N2O2. The summed E-state index contributed by atoms with van der Waals surface area (Å²) in [6, 6.07) is 27.7. The normalized spacial score (nSPS) is 30.8. The molecule has 32 heavy (non-hydrogen) atoms. The lowest BCUT2D eigenvalue weighted by molar-refractivity contribution is -0.128. The maximum atomic E-state index is 14.3. The van der Waals surface area contributed by atoms with Gasteiger partial charge in [-0.2, -0.15) is 0 Å². The summed E-state index contributed by atoms with van der Waals surface area (Å²) in [5, 5.41) is 3.14. The van der Waals surface area contributed by atoms with Gasteiger partial charge < -0.3 is 5.32 Å². The Kier molecular flexibility index (Phi) is 4.18. The van der Waals surface area contributed by atoms with Gasteiger partial charge in [0, 0.05) is 34.8 Å². The first kappa shape index (κ1) is 19.4. The van der Waals surface area contributed by atoms with Gasteiger partial charge >= 0.3 is 0 Å². The Labute approximate surface area is 188 Å². The summed E-state index contributed by atoms with van der Waals surface area (Å²) in [7, 11) is 0. The average molecular weight is 423 g/mol. The number of rotatable bonds is 3. The van der Waals surface area contributed by atoms with Crippen LogP contribution >= 0.6 is 0 Å². The maximum Gasteiger partial charge on any atom is 0.250 e. The monoisotopic (exact) mass is 422 g/mol. The van der Waals surface area contributed by atoms with Gasteiger partial charge in [0.1, 0.15) is 5.54 Å². The minimum absolute atomic E-state index is 0.0435. The Balaban J connectivity index is 1.66. The molecule has 160 valence electrons. The molecule has 0 saturated carbocycles. The van der Waals surface area contributed by atoms with Crippen LogP contribution in [0.5, 0.6) is 0 Å². The first-order valence-electron chi connectivity index (χ1n) is 11.4. The molecule has 4 heteroatoms. The molecule has 1 unspecified atom stereocenters. The van der Waals surface area contributed by atoms with E-state index in [1.165, 1.54) is 0 Å². The molecule has 2 saturated heterocycles. The highest BCUT2D eigenvalue weighted by molar-refractivity contribution is 6.12. The number of para-hydroxylation sites is 1. The number of carbonyl (C=O) groups excluding carboxylic acids is 2. The number of carbonyl (C=O) groups is 2. The molecule has 0 aliphatic carbocycles. The van der Waals surface area contributed by atoms with E-state index in [0.717, 1.165) is 36.2 Å². The van der Waals surface area contributed by atoms with Crippen LogP contribution in [0.25, 0.3) is 0 Å². The van der Waals surface area contributed by atoms with Crippen molar-refractivity contribution in [2.24, 2.45) is 5.92 Å². The third-order valence-corrected chi connectivity index (χ3v) is 7.99. The van der Waals surface area contributed by atoms with Gasteiger partial charge in [0.2, 0.25) is 5.91 Å². The lowest BCUT2D eigenvalue weighted by atomic mass is 9.66. The van der Waals surface area contributed by atoms with Crippen molar-refractivity contribution in [3.8, 4) is 0 Å². The summed E-state index contributed by atoms with van der Waals surface area (Å²) in [6.45, 7) is 3.06. The number of hydrogen-bond acceptors (Lipinski definition) is 3. The second-order valence-electron chi connectivity index (χ2n) is 9.47. The topological polar surface area (TPSA) is 49.4 Å². The van der Waals surface area contributed by atoms with Crippen molar-refractivity contribution in [2.75, 3.05) is 11.9 Å². The Morgan fingerprint density at radius 1 is 0.938 bits per heavy atom. The van der Waals surface area contributed by atoms with Crippen molar-refractivity contribution < 1.29 is 9.59 Å². The van der Waals surface area contributed by atoms with Crippen molar-refractivity contribution in [1.82, 2.24) is 4.90 Å². The fourth-order valence-electron chi connectivity index (χ4n) is 6.83. The maximum absolute atomic E-state index is 14.3. The number of nitrogens with one attached hydrogen (secondary N) is 1. The molecule has 0 radical (unpaired) electrons. The molecule has 3 aliphatic rings. The number of Topliss-reactive ketones (excluding diaryl/α,β-unsaturated/α-hetero) is 1. The van der Waals surface area contributed by atoms with Crippen LogP contribution in [0.3, 0.4) is 0 Å². The Morgan fingerprint density at radius 3 is 2.34 bits per heavy atom. The molecule has 1 N–H and O–H groups in total. The second-order valence-corrected chi connectivity index (χ2v) is 9.47. The molecule has 1 amide bonds. The molecule has 1 spiro atoms. The number of ketones is 1. The Bertz CT molecular complexity index is 1210. The average Bonchev–Trinajstić information content (AvgIpc) is 3.42. The first-order chi connectivity index (χ1) is 15.6. The summed E-state index contributed by atoms with van der Waals surface area (Å²) in [6.07, 6.45) is 1.98. The first-order valence-corrected chi connectivity index (χ1v) is 11.4. The zero-order valence-corrected chi connectivity index (χ0v) is 18.1. The molecule has 3 aromatic rings. The van der Waals surface area contributed by atoms with Crippen LogP contribution in [0.4, 0.5) is 5.69 Å². The predicted molar refractivity (Wildman–Crippen MR) is 125 cm³/mol. The summed E-state index contributed by atoms with van der Waals surface area (Å²) >= 11 is 0. The molecular weight excluding hydrogens is 396 g/mol. The van der Waals surface area contributed by atoms with E-state index in [2.05, 4.69) is 29.3 Å². The smallest absolute Gasteiger partial charge is 0.250 e. The van der Waals surface area contributed by atoms with Crippen LogP contribution in [-0.4, -0.2) is 28.7 Å². The SMILES string of the molecule is CC12CCCN1[C@]1(C(=O)Nc3ccccc31)[C@H](C(=O)c1ccccc1)[C@@H]2c1ccccc1. The molecule has 0 bridgehead atoms. The van der Waals surface area contributed by atoms with Crippen molar-refractivity contribution >= 4 is 17.4 Å². The van der Waals surface area contributed by atoms with E-state index in [1.807, 2.05) is 72.8 Å². The van der Waals surface area contributed by atoms with Gasteiger partial charge in [0.25, 0.3) is 0 Å². The van der Waals surface area contributed by atoms with Gasteiger partial charge in [-0.3, -0.25) is 14.5 Å². The minimum Gasteiger partial charge on any atom is -0.324 e. The third-order valence-electron chi connectivity index (χ3n) is 7.99. The quantitative estimate of drug-likeness (QED) is 0.606. The number of benzene rings is 3. The second kappa shape index (κ2) is 6.88. The van der Waals surface area contributed by atoms with Crippen LogP contribution in [0, 0.1) is 5.92 Å². The van der Waals surface area contributed by atoms with Crippen LogP contribution in [0.15, 0.2) is 84.9 Å². The van der Waals surface area contributed by atoms with Gasteiger partial charge in [-0.05, 0) is 31.4 Å².